The van der Waals surface area contributed by atoms with Crippen molar-refractivity contribution in [3.05, 3.63) is 35.9 Å². The molecule has 0 N–H and O–H groups in total. The molecule has 0 atom stereocenters. The Morgan fingerprint density at radius 3 is 2.50 bits per heavy atom. The van der Waals surface area contributed by atoms with E-state index in [9.17, 15) is 8.42 Å². The fourth-order valence-electron chi connectivity index (χ4n) is 0.718. The highest BCUT2D eigenvalue weighted by atomic mass is 32.2. The van der Waals surface area contributed by atoms with Crippen molar-refractivity contribution in [3.8, 4) is 0 Å². The molecule has 4 nitrogen and oxygen atoms in total. The molecule has 0 radical (unpaired) electrons. The van der Waals surface area contributed by atoms with Crippen molar-refractivity contribution in [1.82, 2.24) is 0 Å². The van der Waals surface area contributed by atoms with E-state index in [0.29, 0.717) is 0 Å². The minimum Gasteiger partial charge on any atom is -0.233 e. The Morgan fingerprint density at radius 1 is 1.25 bits per heavy atom. The van der Waals surface area contributed by atoms with E-state index in [0.717, 1.165) is 5.56 Å². The predicted octanol–water partition coefficient (Wildman–Crippen LogP) is 1.18. The maximum Gasteiger partial charge on any atom is 0.338 e. The Morgan fingerprint density at radius 2 is 1.92 bits per heavy atom. The van der Waals surface area contributed by atoms with Gasteiger partial charge in [-0.15, -0.1) is 0 Å². The first-order valence-electron chi connectivity index (χ1n) is 3.25. The van der Waals surface area contributed by atoms with Gasteiger partial charge in [-0.25, -0.2) is 4.84 Å². The minimum atomic E-state index is -2.49. The number of hydrogen-bond donors (Lipinski definition) is 0. The third kappa shape index (κ3) is 3.27. The van der Waals surface area contributed by atoms with Gasteiger partial charge in [-0.2, -0.15) is 8.42 Å². The molecule has 0 amide bonds. The molecule has 1 aromatic carbocycles. The molecular formula is C7H7NO3S. The highest BCUT2D eigenvalue weighted by molar-refractivity contribution is 7.61. The summed E-state index contributed by atoms with van der Waals surface area (Å²) in [5.74, 6) is 0. The van der Waals surface area contributed by atoms with Gasteiger partial charge in [0.2, 0.25) is 0 Å². The lowest BCUT2D eigenvalue weighted by molar-refractivity contribution is 0.135. The second-order valence-corrected chi connectivity index (χ2v) is 2.63. The zero-order valence-electron chi connectivity index (χ0n) is 6.17. The van der Waals surface area contributed by atoms with Crippen molar-refractivity contribution in [2.75, 3.05) is 0 Å². The van der Waals surface area contributed by atoms with Gasteiger partial charge in [0.05, 0.1) is 0 Å². The number of nitrogens with zero attached hydrogens (tertiary/aromatic N) is 1. The Hall–Kier alpha value is -1.20. The maximum absolute atomic E-state index is 9.90. The summed E-state index contributed by atoms with van der Waals surface area (Å²) in [6.07, 6.45) is 0. The van der Waals surface area contributed by atoms with Crippen LogP contribution in [0.15, 0.2) is 34.9 Å². The molecule has 0 unspecified atom stereocenters. The average Bonchev–Trinajstić information content (AvgIpc) is 2.05. The van der Waals surface area contributed by atoms with Crippen molar-refractivity contribution in [1.29, 1.82) is 0 Å². The average molecular weight is 185 g/mol. The van der Waals surface area contributed by atoms with Crippen LogP contribution in [0.3, 0.4) is 0 Å². The van der Waals surface area contributed by atoms with Crippen molar-refractivity contribution >= 4 is 10.5 Å². The SMILES string of the molecule is O=S(=O)=NOCc1ccccc1. The molecule has 0 aliphatic carbocycles. The summed E-state index contributed by atoms with van der Waals surface area (Å²) in [6, 6.07) is 9.19. The Labute approximate surface area is 71.5 Å². The largest absolute Gasteiger partial charge is 0.338 e. The summed E-state index contributed by atoms with van der Waals surface area (Å²) in [5, 5.41) is 0. The Bertz CT molecular complexity index is 349. The van der Waals surface area contributed by atoms with Crippen molar-refractivity contribution < 1.29 is 13.3 Å². The third-order valence-corrected chi connectivity index (χ3v) is 1.41. The molecule has 0 bridgehead atoms. The lowest BCUT2D eigenvalue weighted by Crippen LogP contribution is -1.84. The summed E-state index contributed by atoms with van der Waals surface area (Å²) in [5.41, 5.74) is 0.881. The van der Waals surface area contributed by atoms with Crippen LogP contribution in [-0.4, -0.2) is 8.42 Å². The molecule has 0 heterocycles. The van der Waals surface area contributed by atoms with E-state index in [-0.39, 0.29) is 6.61 Å². The molecule has 0 aliphatic heterocycles. The van der Waals surface area contributed by atoms with Crippen molar-refractivity contribution in [2.45, 2.75) is 6.61 Å². The molecule has 0 saturated carbocycles. The van der Waals surface area contributed by atoms with Crippen LogP contribution in [-0.2, 0) is 21.9 Å². The zero-order valence-corrected chi connectivity index (χ0v) is 6.99. The molecule has 0 spiro atoms. The highest BCUT2D eigenvalue weighted by Crippen LogP contribution is 1.99. The Balaban J connectivity index is 2.50. The quantitative estimate of drug-likeness (QED) is 0.664. The second kappa shape index (κ2) is 4.63. The monoisotopic (exact) mass is 185 g/mol. The predicted molar refractivity (Wildman–Crippen MR) is 42.6 cm³/mol. The van der Waals surface area contributed by atoms with E-state index in [1.165, 1.54) is 0 Å². The van der Waals surface area contributed by atoms with E-state index in [4.69, 9.17) is 0 Å². The summed E-state index contributed by atoms with van der Waals surface area (Å²) >= 11 is 0. The van der Waals surface area contributed by atoms with Gasteiger partial charge in [0, 0.05) is 0 Å². The number of benzene rings is 1. The van der Waals surface area contributed by atoms with Crippen LogP contribution < -0.4 is 0 Å². The highest BCUT2D eigenvalue weighted by Gasteiger charge is 1.88. The summed E-state index contributed by atoms with van der Waals surface area (Å²) in [4.78, 5) is 4.49. The van der Waals surface area contributed by atoms with Crippen LogP contribution in [0.5, 0.6) is 0 Å². The minimum absolute atomic E-state index is 0.175. The van der Waals surface area contributed by atoms with Gasteiger partial charge in [0.25, 0.3) is 0 Å². The van der Waals surface area contributed by atoms with Crippen molar-refractivity contribution in [3.63, 3.8) is 0 Å². The molecule has 12 heavy (non-hydrogen) atoms. The topological polar surface area (TPSA) is 55.7 Å². The first-order chi connectivity index (χ1) is 5.79. The van der Waals surface area contributed by atoms with Crippen LogP contribution in [0, 0.1) is 0 Å². The van der Waals surface area contributed by atoms with Crippen molar-refractivity contribution in [2.24, 2.45) is 4.53 Å². The fourth-order valence-corrected chi connectivity index (χ4v) is 0.857. The molecule has 5 heteroatoms. The molecule has 0 saturated heterocycles. The van der Waals surface area contributed by atoms with Gasteiger partial charge >= 0.3 is 10.5 Å². The standard InChI is InChI=1S/C7H7NO3S/c9-12(10)8-11-6-7-4-2-1-3-5-7/h1-5H,6H2. The second-order valence-electron chi connectivity index (χ2n) is 2.05. The van der Waals surface area contributed by atoms with Crippen LogP contribution in [0.2, 0.25) is 0 Å². The van der Waals surface area contributed by atoms with E-state index in [1.807, 2.05) is 30.3 Å². The molecule has 0 aliphatic rings. The first-order valence-corrected chi connectivity index (χ1v) is 4.28. The van der Waals surface area contributed by atoms with Crippen LogP contribution in [0.1, 0.15) is 5.56 Å². The van der Waals surface area contributed by atoms with E-state index in [1.54, 1.807) is 0 Å². The molecule has 1 aromatic rings. The lowest BCUT2D eigenvalue weighted by Gasteiger charge is -1.93. The zero-order chi connectivity index (χ0) is 8.81. The molecular weight excluding hydrogens is 178 g/mol. The van der Waals surface area contributed by atoms with Gasteiger partial charge in [-0.3, -0.25) is 0 Å². The molecule has 0 aromatic heterocycles. The molecule has 0 fully saturated rings. The Kier molecular flexibility index (Phi) is 3.43. The maximum atomic E-state index is 9.90. The van der Waals surface area contributed by atoms with Crippen LogP contribution >= 0.6 is 0 Å². The number of rotatable bonds is 3. The number of hydrogen-bond acceptors (Lipinski definition) is 4. The molecule has 1 rings (SSSR count). The van der Waals surface area contributed by atoms with Gasteiger partial charge in [-0.05, 0) is 10.1 Å². The van der Waals surface area contributed by atoms with Gasteiger partial charge in [0.15, 0.2) is 0 Å². The lowest BCUT2D eigenvalue weighted by atomic mass is 10.2. The van der Waals surface area contributed by atoms with Crippen LogP contribution in [0.4, 0.5) is 0 Å². The summed E-state index contributed by atoms with van der Waals surface area (Å²) in [7, 11) is -2.49. The first kappa shape index (κ1) is 8.89. The summed E-state index contributed by atoms with van der Waals surface area (Å²) in [6.45, 7) is 0.175. The fraction of sp³-hybridized carbons (Fsp3) is 0.143. The van der Waals surface area contributed by atoms with Gasteiger partial charge in [-0.1, -0.05) is 30.3 Å². The normalized spacial score (nSPS) is 9.33. The summed E-state index contributed by atoms with van der Waals surface area (Å²) < 4.78 is 22.6. The smallest absolute Gasteiger partial charge is 0.233 e. The molecule has 64 valence electrons. The van der Waals surface area contributed by atoms with E-state index in [2.05, 4.69) is 9.36 Å². The van der Waals surface area contributed by atoms with Crippen LogP contribution in [0.25, 0.3) is 0 Å². The van der Waals surface area contributed by atoms with Gasteiger partial charge < -0.3 is 0 Å². The third-order valence-electron chi connectivity index (χ3n) is 1.19. The van der Waals surface area contributed by atoms with E-state index < -0.39 is 10.5 Å². The van der Waals surface area contributed by atoms with Gasteiger partial charge in [0.1, 0.15) is 6.61 Å². The van der Waals surface area contributed by atoms with E-state index >= 15 is 0 Å².